The first-order chi connectivity index (χ1) is 26.3. The van der Waals surface area contributed by atoms with Gasteiger partial charge in [-0.3, -0.25) is 0 Å². The molecule has 0 spiro atoms. The van der Waals surface area contributed by atoms with Gasteiger partial charge in [-0.1, -0.05) is 156 Å². The predicted octanol–water partition coefficient (Wildman–Crippen LogP) is 12.1. The van der Waals surface area contributed by atoms with Gasteiger partial charge in [0.05, 0.1) is 0 Å². The molecular formula is C48H50N8. The van der Waals surface area contributed by atoms with Crippen molar-refractivity contribution in [3.05, 3.63) is 95.1 Å². The zero-order chi connectivity index (χ0) is 39.7. The summed E-state index contributed by atoms with van der Waals surface area (Å²) in [5.41, 5.74) is 10.9. The quantitative estimate of drug-likeness (QED) is 0.160. The standard InChI is InChI=1S/C48H50N8/c1-45(2,3)33-31-32(34(46(4,5)6)36(48(10,11)12)35(33)47(7,8)9)44-55-42-30-24-18-16-22-28(30)40(53-42)51-38-26-20-14-13-19-25(26)37(49-38)50-39-27-21-15-17-23-29(27)41(52-39)54-43(31)56-44/h13-24H,1-12H3,(H2,49,50,51,52,53,54,55,56). The maximum Gasteiger partial charge on any atom is 0.164 e. The van der Waals surface area contributed by atoms with Crippen LogP contribution in [0.3, 0.4) is 0 Å². The van der Waals surface area contributed by atoms with E-state index in [4.69, 9.17) is 29.9 Å². The molecule has 282 valence electrons. The normalized spacial score (nSPS) is 13.4. The summed E-state index contributed by atoms with van der Waals surface area (Å²) in [4.78, 5) is 39.2. The molecule has 8 bridgehead atoms. The molecule has 2 N–H and O–H groups in total. The Kier molecular flexibility index (Phi) is 7.61. The molecule has 0 unspecified atom stereocenters. The van der Waals surface area contributed by atoms with Gasteiger partial charge in [-0.15, -0.1) is 0 Å². The molecule has 7 aromatic rings. The maximum absolute atomic E-state index is 5.53. The molecule has 4 aromatic carbocycles. The number of H-pyrrole nitrogens is 2. The monoisotopic (exact) mass is 738 g/mol. The van der Waals surface area contributed by atoms with Gasteiger partial charge >= 0.3 is 0 Å². The minimum absolute atomic E-state index is 0.185. The zero-order valence-electron chi connectivity index (χ0n) is 34.6. The summed E-state index contributed by atoms with van der Waals surface area (Å²) in [6.45, 7) is 28.0. The molecule has 2 aliphatic rings. The average molecular weight is 739 g/mol. The number of benzene rings is 4. The highest BCUT2D eigenvalue weighted by Crippen LogP contribution is 2.52. The summed E-state index contributed by atoms with van der Waals surface area (Å²) in [5.74, 6) is 2.41. The smallest absolute Gasteiger partial charge is 0.164 e. The van der Waals surface area contributed by atoms with E-state index >= 15 is 0 Å². The molecule has 5 heterocycles. The Hall–Kier alpha value is -5.76. The van der Waals surface area contributed by atoms with E-state index < -0.39 is 0 Å². The lowest BCUT2D eigenvalue weighted by Gasteiger charge is -2.41. The van der Waals surface area contributed by atoms with Gasteiger partial charge in [0.25, 0.3) is 0 Å². The fourth-order valence-electron chi connectivity index (χ4n) is 8.90. The van der Waals surface area contributed by atoms with Crippen molar-refractivity contribution in [2.24, 2.45) is 0 Å². The third kappa shape index (κ3) is 5.55. The van der Waals surface area contributed by atoms with Crippen LogP contribution in [-0.2, 0) is 21.7 Å². The molecule has 0 saturated heterocycles. The first kappa shape index (κ1) is 35.9. The van der Waals surface area contributed by atoms with Crippen molar-refractivity contribution in [2.45, 2.75) is 105 Å². The van der Waals surface area contributed by atoms with E-state index in [0.29, 0.717) is 34.6 Å². The van der Waals surface area contributed by atoms with E-state index in [1.807, 2.05) is 36.4 Å². The van der Waals surface area contributed by atoms with E-state index in [9.17, 15) is 0 Å². The third-order valence-electron chi connectivity index (χ3n) is 11.0. The Morgan fingerprint density at radius 3 is 0.893 bits per heavy atom. The van der Waals surface area contributed by atoms with Crippen LogP contribution in [0.25, 0.3) is 89.7 Å². The number of hydrogen-bond donors (Lipinski definition) is 2. The first-order valence-electron chi connectivity index (χ1n) is 19.7. The van der Waals surface area contributed by atoms with Crippen molar-refractivity contribution in [3.63, 3.8) is 0 Å². The van der Waals surface area contributed by atoms with Crippen LogP contribution in [0.1, 0.15) is 105 Å². The van der Waals surface area contributed by atoms with Crippen molar-refractivity contribution >= 4 is 44.1 Å². The number of hydrogen-bond acceptors (Lipinski definition) is 6. The van der Waals surface area contributed by atoms with Crippen molar-refractivity contribution < 1.29 is 0 Å². The second-order valence-corrected chi connectivity index (χ2v) is 19.5. The summed E-state index contributed by atoms with van der Waals surface area (Å²) in [6, 6.07) is 24.6. The summed E-state index contributed by atoms with van der Waals surface area (Å²) >= 11 is 0. The van der Waals surface area contributed by atoms with Gasteiger partial charge in [0.2, 0.25) is 0 Å². The lowest BCUT2D eigenvalue weighted by Crippen LogP contribution is -2.32. The van der Waals surface area contributed by atoms with Crippen LogP contribution in [-0.4, -0.2) is 39.9 Å². The minimum Gasteiger partial charge on any atom is -0.324 e. The molecule has 2 aliphatic heterocycles. The van der Waals surface area contributed by atoms with Gasteiger partial charge < -0.3 is 9.97 Å². The topological polar surface area (TPSA) is 109 Å². The van der Waals surface area contributed by atoms with Crippen molar-refractivity contribution in [2.75, 3.05) is 0 Å². The Bertz CT molecular complexity index is 2760. The van der Waals surface area contributed by atoms with Crippen LogP contribution in [0, 0.1) is 0 Å². The molecule has 8 heteroatoms. The molecule has 0 atom stereocenters. The summed E-state index contributed by atoms with van der Waals surface area (Å²) in [5, 5.41) is 4.06. The van der Waals surface area contributed by atoms with Crippen LogP contribution < -0.4 is 0 Å². The zero-order valence-corrected chi connectivity index (χ0v) is 34.6. The van der Waals surface area contributed by atoms with Gasteiger partial charge in [-0.25, -0.2) is 29.9 Å². The van der Waals surface area contributed by atoms with Crippen LogP contribution in [0.2, 0.25) is 0 Å². The lowest BCUT2D eigenvalue weighted by atomic mass is 9.63. The van der Waals surface area contributed by atoms with Crippen LogP contribution in [0.5, 0.6) is 0 Å². The van der Waals surface area contributed by atoms with E-state index in [2.05, 4.69) is 129 Å². The lowest BCUT2D eigenvalue weighted by molar-refractivity contribution is 0.482. The number of nitrogens with one attached hydrogen (secondary N) is 2. The van der Waals surface area contributed by atoms with Crippen LogP contribution in [0.15, 0.2) is 72.8 Å². The van der Waals surface area contributed by atoms with E-state index in [-0.39, 0.29) is 21.7 Å². The summed E-state index contributed by atoms with van der Waals surface area (Å²) in [7, 11) is 0. The Balaban J connectivity index is 1.61. The molecular weight excluding hydrogens is 689 g/mol. The third-order valence-corrected chi connectivity index (χ3v) is 11.0. The summed E-state index contributed by atoms with van der Waals surface area (Å²) < 4.78 is 0. The van der Waals surface area contributed by atoms with Gasteiger partial charge in [-0.2, -0.15) is 0 Å². The molecule has 3 aromatic heterocycles. The molecule has 9 rings (SSSR count). The molecule has 8 nitrogen and oxygen atoms in total. The van der Waals surface area contributed by atoms with Gasteiger partial charge in [0.1, 0.15) is 22.6 Å². The first-order valence-corrected chi connectivity index (χ1v) is 19.7. The van der Waals surface area contributed by atoms with E-state index in [0.717, 1.165) is 55.1 Å². The Morgan fingerprint density at radius 1 is 0.321 bits per heavy atom. The number of aromatic amines is 2. The van der Waals surface area contributed by atoms with Crippen LogP contribution in [0.4, 0.5) is 0 Å². The highest BCUT2D eigenvalue weighted by molar-refractivity contribution is 6.11. The Labute approximate surface area is 328 Å². The molecule has 0 radical (unpaired) electrons. The van der Waals surface area contributed by atoms with E-state index in [1.54, 1.807) is 0 Å². The second kappa shape index (κ2) is 11.9. The van der Waals surface area contributed by atoms with E-state index in [1.165, 1.54) is 22.3 Å². The largest absolute Gasteiger partial charge is 0.324 e. The number of nitrogens with zero attached hydrogens (tertiary/aromatic N) is 6. The van der Waals surface area contributed by atoms with Crippen molar-refractivity contribution in [1.29, 1.82) is 0 Å². The number of rotatable bonds is 0. The molecule has 0 fully saturated rings. The molecule has 0 saturated carbocycles. The SMILES string of the molecule is CC(C)(C)c1c(C(C)(C)C)c(C(C)(C)C)c2c3nc4nc(nc5[nH]c(nc6nc(nc([nH]3)c2c1C(C)(C)C)-c1ccccc1-6)c1ccccc51)-c1ccccc1-4. The van der Waals surface area contributed by atoms with Crippen LogP contribution >= 0.6 is 0 Å². The predicted molar refractivity (Wildman–Crippen MR) is 231 cm³/mol. The van der Waals surface area contributed by atoms with Crippen molar-refractivity contribution in [1.82, 2.24) is 39.9 Å². The van der Waals surface area contributed by atoms with Gasteiger partial charge in [0.15, 0.2) is 23.3 Å². The number of aromatic nitrogens is 8. The van der Waals surface area contributed by atoms with Gasteiger partial charge in [0, 0.05) is 43.8 Å². The second-order valence-electron chi connectivity index (χ2n) is 19.5. The average Bonchev–Trinajstić information content (AvgIpc) is 3.84. The highest BCUT2D eigenvalue weighted by atomic mass is 15.1. The fraction of sp³-hybridized carbons (Fsp3) is 0.333. The maximum atomic E-state index is 5.53. The summed E-state index contributed by atoms with van der Waals surface area (Å²) in [6.07, 6.45) is 0. The fourth-order valence-corrected chi connectivity index (χ4v) is 8.90. The minimum atomic E-state index is -0.259. The molecule has 0 aliphatic carbocycles. The number of fused-ring (bicyclic) bond motifs is 20. The van der Waals surface area contributed by atoms with Crippen molar-refractivity contribution in [3.8, 4) is 45.6 Å². The molecule has 0 amide bonds. The highest BCUT2D eigenvalue weighted by Gasteiger charge is 2.40. The Morgan fingerprint density at radius 2 is 0.589 bits per heavy atom. The molecule has 56 heavy (non-hydrogen) atoms. The van der Waals surface area contributed by atoms with Gasteiger partial charge in [-0.05, 0) is 43.9 Å².